The number of aromatic amines is 1. The summed E-state index contributed by atoms with van der Waals surface area (Å²) in [4.78, 5) is 14.6. The zero-order valence-electron chi connectivity index (χ0n) is 9.37. The van der Waals surface area contributed by atoms with E-state index in [2.05, 4.69) is 20.9 Å². The second-order valence-electron chi connectivity index (χ2n) is 3.50. The van der Waals surface area contributed by atoms with Gasteiger partial charge in [-0.3, -0.25) is 0 Å². The summed E-state index contributed by atoms with van der Waals surface area (Å²) in [5.41, 5.74) is 2.32. The second-order valence-corrected chi connectivity index (χ2v) is 4.41. The summed E-state index contributed by atoms with van der Waals surface area (Å²) in [6, 6.07) is 9.66. The lowest BCUT2D eigenvalue weighted by Crippen LogP contribution is -2.06. The largest absolute Gasteiger partial charge is 0.461 e. The minimum Gasteiger partial charge on any atom is -0.461 e. The minimum absolute atomic E-state index is 0.326. The summed E-state index contributed by atoms with van der Waals surface area (Å²) < 4.78 is 5.97. The molecule has 0 atom stereocenters. The first kappa shape index (κ1) is 11.9. The number of hydrogen-bond acceptors (Lipinski definition) is 2. The van der Waals surface area contributed by atoms with Crippen LogP contribution in [0.3, 0.4) is 0 Å². The number of H-pyrrole nitrogens is 1. The molecule has 2 aromatic rings. The van der Waals surface area contributed by atoms with Gasteiger partial charge in [0.1, 0.15) is 5.69 Å². The molecule has 1 aromatic heterocycles. The molecule has 0 amide bonds. The normalized spacial score (nSPS) is 10.2. The third-order valence-corrected chi connectivity index (χ3v) is 2.86. The molecule has 0 spiro atoms. The van der Waals surface area contributed by atoms with Crippen molar-refractivity contribution in [2.75, 3.05) is 6.61 Å². The smallest absolute Gasteiger partial charge is 0.355 e. The average Bonchev–Trinajstić information content (AvgIpc) is 2.78. The Hall–Kier alpha value is -1.55. The Morgan fingerprint density at radius 2 is 2.24 bits per heavy atom. The van der Waals surface area contributed by atoms with Crippen molar-refractivity contribution in [3.05, 3.63) is 46.7 Å². The van der Waals surface area contributed by atoms with Crippen molar-refractivity contribution in [2.45, 2.75) is 6.92 Å². The molecule has 1 aromatic carbocycles. The Labute approximate surface area is 108 Å². The molecule has 0 fully saturated rings. The number of nitrogens with one attached hydrogen (secondary N) is 1. The first-order valence-electron chi connectivity index (χ1n) is 5.33. The average molecular weight is 294 g/mol. The lowest BCUT2D eigenvalue weighted by atomic mass is 10.1. The van der Waals surface area contributed by atoms with E-state index in [9.17, 15) is 4.79 Å². The first-order chi connectivity index (χ1) is 8.22. The molecule has 0 aliphatic heterocycles. The highest BCUT2D eigenvalue weighted by atomic mass is 79.9. The predicted molar refractivity (Wildman–Crippen MR) is 69.9 cm³/mol. The summed E-state index contributed by atoms with van der Waals surface area (Å²) >= 11 is 3.41. The number of halogens is 1. The van der Waals surface area contributed by atoms with Gasteiger partial charge in [-0.15, -0.1) is 0 Å². The molecule has 17 heavy (non-hydrogen) atoms. The molecule has 1 N–H and O–H groups in total. The molecule has 0 saturated carbocycles. The fourth-order valence-electron chi connectivity index (χ4n) is 1.64. The van der Waals surface area contributed by atoms with Crippen molar-refractivity contribution in [2.24, 2.45) is 0 Å². The number of rotatable bonds is 3. The van der Waals surface area contributed by atoms with Crippen LogP contribution in [0.4, 0.5) is 0 Å². The van der Waals surface area contributed by atoms with Crippen LogP contribution < -0.4 is 0 Å². The van der Waals surface area contributed by atoms with Crippen LogP contribution in [0.25, 0.3) is 11.1 Å². The van der Waals surface area contributed by atoms with Crippen LogP contribution >= 0.6 is 15.9 Å². The fraction of sp³-hybridized carbons (Fsp3) is 0.154. The first-order valence-corrected chi connectivity index (χ1v) is 6.12. The molecular formula is C13H12BrNO2. The number of benzene rings is 1. The molecule has 3 nitrogen and oxygen atoms in total. The molecule has 4 heteroatoms. The van der Waals surface area contributed by atoms with E-state index in [-0.39, 0.29) is 5.97 Å². The Kier molecular flexibility index (Phi) is 3.64. The number of esters is 1. The SMILES string of the molecule is CCOC(=O)c1[nH]ccc1-c1cccc(Br)c1. The quantitative estimate of drug-likeness (QED) is 0.878. The highest BCUT2D eigenvalue weighted by Gasteiger charge is 2.14. The van der Waals surface area contributed by atoms with Gasteiger partial charge in [0, 0.05) is 16.2 Å². The van der Waals surface area contributed by atoms with Crippen LogP contribution in [0.1, 0.15) is 17.4 Å². The van der Waals surface area contributed by atoms with Crippen molar-refractivity contribution in [1.29, 1.82) is 0 Å². The Bertz CT molecular complexity index is 534. The Morgan fingerprint density at radius 1 is 1.41 bits per heavy atom. The lowest BCUT2D eigenvalue weighted by Gasteiger charge is -2.04. The van der Waals surface area contributed by atoms with Gasteiger partial charge in [0.15, 0.2) is 0 Å². The number of hydrogen-bond donors (Lipinski definition) is 1. The van der Waals surface area contributed by atoms with E-state index < -0.39 is 0 Å². The standard InChI is InChI=1S/C13H12BrNO2/c1-2-17-13(16)12-11(6-7-15-12)9-4-3-5-10(14)8-9/h3-8,15H,2H2,1H3. The summed E-state index contributed by atoms with van der Waals surface area (Å²) in [5, 5.41) is 0. The van der Waals surface area contributed by atoms with Crippen LogP contribution in [0.15, 0.2) is 41.0 Å². The van der Waals surface area contributed by atoms with Crippen LogP contribution in [0.5, 0.6) is 0 Å². The Morgan fingerprint density at radius 3 is 2.94 bits per heavy atom. The topological polar surface area (TPSA) is 42.1 Å². The van der Waals surface area contributed by atoms with Gasteiger partial charge in [0.2, 0.25) is 0 Å². The maximum Gasteiger partial charge on any atom is 0.355 e. The van der Waals surface area contributed by atoms with Crippen LogP contribution in [-0.2, 0) is 4.74 Å². The molecule has 2 rings (SSSR count). The zero-order valence-corrected chi connectivity index (χ0v) is 11.0. The van der Waals surface area contributed by atoms with Crippen molar-refractivity contribution in [3.8, 4) is 11.1 Å². The van der Waals surface area contributed by atoms with E-state index in [4.69, 9.17) is 4.74 Å². The van der Waals surface area contributed by atoms with E-state index in [1.807, 2.05) is 30.3 Å². The van der Waals surface area contributed by atoms with Crippen molar-refractivity contribution < 1.29 is 9.53 Å². The second kappa shape index (κ2) is 5.19. The van der Waals surface area contributed by atoms with Crippen molar-refractivity contribution >= 4 is 21.9 Å². The zero-order chi connectivity index (χ0) is 12.3. The van der Waals surface area contributed by atoms with Crippen LogP contribution in [0, 0.1) is 0 Å². The monoisotopic (exact) mass is 293 g/mol. The molecule has 0 aliphatic carbocycles. The summed E-state index contributed by atoms with van der Waals surface area (Å²) in [7, 11) is 0. The van der Waals surface area contributed by atoms with Crippen LogP contribution in [0.2, 0.25) is 0 Å². The van der Waals surface area contributed by atoms with E-state index in [1.54, 1.807) is 13.1 Å². The maximum absolute atomic E-state index is 11.7. The van der Waals surface area contributed by atoms with Crippen molar-refractivity contribution in [3.63, 3.8) is 0 Å². The van der Waals surface area contributed by atoms with Crippen LogP contribution in [-0.4, -0.2) is 17.6 Å². The molecule has 1 heterocycles. The summed E-state index contributed by atoms with van der Waals surface area (Å²) in [6.07, 6.45) is 1.74. The number of carbonyl (C=O) groups excluding carboxylic acids is 1. The van der Waals surface area contributed by atoms with Gasteiger partial charge in [-0.25, -0.2) is 4.79 Å². The van der Waals surface area contributed by atoms with Gasteiger partial charge in [-0.05, 0) is 30.7 Å². The third kappa shape index (κ3) is 2.58. The fourth-order valence-corrected chi connectivity index (χ4v) is 2.04. The third-order valence-electron chi connectivity index (χ3n) is 2.36. The molecule has 0 aliphatic rings. The predicted octanol–water partition coefficient (Wildman–Crippen LogP) is 3.62. The van der Waals surface area contributed by atoms with E-state index in [0.717, 1.165) is 15.6 Å². The highest BCUT2D eigenvalue weighted by Crippen LogP contribution is 2.26. The molecule has 0 unspecified atom stereocenters. The van der Waals surface area contributed by atoms with Gasteiger partial charge < -0.3 is 9.72 Å². The molecular weight excluding hydrogens is 282 g/mol. The lowest BCUT2D eigenvalue weighted by molar-refractivity contribution is 0.0521. The molecule has 0 saturated heterocycles. The number of carbonyl (C=O) groups is 1. The number of aromatic nitrogens is 1. The Balaban J connectivity index is 2.40. The molecule has 88 valence electrons. The molecule has 0 bridgehead atoms. The van der Waals surface area contributed by atoms with Gasteiger partial charge in [-0.1, -0.05) is 28.1 Å². The highest BCUT2D eigenvalue weighted by molar-refractivity contribution is 9.10. The minimum atomic E-state index is -0.326. The van der Waals surface area contributed by atoms with E-state index >= 15 is 0 Å². The number of ether oxygens (including phenoxy) is 1. The van der Waals surface area contributed by atoms with Gasteiger partial charge >= 0.3 is 5.97 Å². The summed E-state index contributed by atoms with van der Waals surface area (Å²) in [6.45, 7) is 2.16. The molecule has 0 radical (unpaired) electrons. The van der Waals surface area contributed by atoms with Gasteiger partial charge in [0.25, 0.3) is 0 Å². The van der Waals surface area contributed by atoms with Gasteiger partial charge in [0.05, 0.1) is 6.61 Å². The van der Waals surface area contributed by atoms with E-state index in [0.29, 0.717) is 12.3 Å². The van der Waals surface area contributed by atoms with Crippen molar-refractivity contribution in [1.82, 2.24) is 4.98 Å². The maximum atomic E-state index is 11.7. The summed E-state index contributed by atoms with van der Waals surface area (Å²) in [5.74, 6) is -0.326. The van der Waals surface area contributed by atoms with Gasteiger partial charge in [-0.2, -0.15) is 0 Å². The van der Waals surface area contributed by atoms with E-state index in [1.165, 1.54) is 0 Å².